The highest BCUT2D eigenvalue weighted by Gasteiger charge is 1.96. The Morgan fingerprint density at radius 2 is 0.600 bits per heavy atom. The average Bonchev–Trinajstić information content (AvgIpc) is 2.86. The summed E-state index contributed by atoms with van der Waals surface area (Å²) in [5, 5.41) is 4.65. The molecule has 0 bridgehead atoms. The second-order valence-corrected chi connectivity index (χ2v) is 8.56. The van der Waals surface area contributed by atoms with Crippen LogP contribution in [0.1, 0.15) is 22.3 Å². The van der Waals surface area contributed by atoms with Crippen LogP contribution in [0.15, 0.2) is 121 Å². The zero-order valence-electron chi connectivity index (χ0n) is 19.6. The molecule has 4 aromatic carbocycles. The third-order valence-corrected chi connectivity index (χ3v) is 4.89. The van der Waals surface area contributed by atoms with Crippen LogP contribution in [0.5, 0.6) is 0 Å². The summed E-state index contributed by atoms with van der Waals surface area (Å²) in [7, 11) is -5.17. The van der Waals surface area contributed by atoms with Gasteiger partial charge in [0.15, 0.2) is 0 Å². The fraction of sp³-hybridized carbons (Fsp3) is 0.143. The van der Waals surface area contributed by atoms with Gasteiger partial charge in [-0.3, -0.25) is 8.42 Å². The van der Waals surface area contributed by atoms with Gasteiger partial charge in [-0.05, 0) is 0 Å². The van der Waals surface area contributed by atoms with E-state index in [0.717, 1.165) is 26.2 Å². The van der Waals surface area contributed by atoms with Crippen LogP contribution in [0.25, 0.3) is 0 Å². The number of benzene rings is 4. The minimum Gasteiger partial charge on any atom is -0.759 e. The molecule has 35 heavy (non-hydrogen) atoms. The highest BCUT2D eigenvalue weighted by Crippen LogP contribution is 1.98. The Hall–Kier alpha value is -3.33. The monoisotopic (exact) mass is 492 g/mol. The Labute approximate surface area is 208 Å². The van der Waals surface area contributed by atoms with Crippen molar-refractivity contribution in [3.8, 4) is 0 Å². The van der Waals surface area contributed by atoms with E-state index in [-0.39, 0.29) is 0 Å². The Morgan fingerprint density at radius 1 is 0.429 bits per heavy atom. The summed E-state index contributed by atoms with van der Waals surface area (Å²) in [4.78, 5) is 0. The molecule has 4 N–H and O–H groups in total. The predicted octanol–water partition coefficient (Wildman–Crippen LogP) is 2.56. The van der Waals surface area contributed by atoms with E-state index in [1.54, 1.807) is 0 Å². The first-order valence-corrected chi connectivity index (χ1v) is 12.7. The van der Waals surface area contributed by atoms with E-state index >= 15 is 0 Å². The zero-order chi connectivity index (χ0) is 25.2. The fourth-order valence-electron chi connectivity index (χ4n) is 3.27. The van der Waals surface area contributed by atoms with E-state index in [1.807, 2.05) is 0 Å². The van der Waals surface area contributed by atoms with Crippen LogP contribution in [0, 0.1) is 0 Å². The van der Waals surface area contributed by atoms with E-state index in [0.29, 0.717) is 0 Å². The van der Waals surface area contributed by atoms with E-state index in [2.05, 4.69) is 132 Å². The highest BCUT2D eigenvalue weighted by atomic mass is 32.3. The largest absolute Gasteiger partial charge is 0.759 e. The van der Waals surface area contributed by atoms with Gasteiger partial charge in [0.2, 0.25) is 0 Å². The summed E-state index contributed by atoms with van der Waals surface area (Å²) in [5.41, 5.74) is 5.53. The molecular weight excluding hydrogens is 460 g/mol. The number of quaternary nitrogens is 2. The van der Waals surface area contributed by atoms with Crippen molar-refractivity contribution in [1.29, 1.82) is 0 Å². The summed E-state index contributed by atoms with van der Waals surface area (Å²) in [6.45, 7) is 4.21. The maximum absolute atomic E-state index is 8.52. The third-order valence-electron chi connectivity index (χ3n) is 4.89. The van der Waals surface area contributed by atoms with Gasteiger partial charge < -0.3 is 19.7 Å². The second-order valence-electron chi connectivity index (χ2n) is 7.74. The molecule has 4 rings (SSSR count). The molecule has 184 valence electrons. The van der Waals surface area contributed by atoms with Gasteiger partial charge >= 0.3 is 0 Å². The zero-order valence-corrected chi connectivity index (χ0v) is 20.4. The highest BCUT2D eigenvalue weighted by molar-refractivity contribution is 7.79. The summed E-state index contributed by atoms with van der Waals surface area (Å²) in [6, 6.07) is 42.3. The molecular formula is C28H32N2O4S. The average molecular weight is 493 g/mol. The molecule has 0 atom stereocenters. The Balaban J connectivity index is 0.000000208. The molecule has 0 spiro atoms. The van der Waals surface area contributed by atoms with E-state index in [9.17, 15) is 0 Å². The number of hydrogen-bond donors (Lipinski definition) is 2. The molecule has 0 saturated carbocycles. The predicted molar refractivity (Wildman–Crippen MR) is 135 cm³/mol. The molecule has 6 nitrogen and oxygen atoms in total. The van der Waals surface area contributed by atoms with E-state index in [4.69, 9.17) is 17.5 Å². The molecule has 4 aromatic rings. The molecule has 0 fully saturated rings. The number of hydrogen-bond acceptors (Lipinski definition) is 4. The molecule has 0 radical (unpaired) electrons. The quantitative estimate of drug-likeness (QED) is 0.291. The van der Waals surface area contributed by atoms with Crippen LogP contribution in [0.3, 0.4) is 0 Å². The van der Waals surface area contributed by atoms with E-state index < -0.39 is 10.4 Å². The van der Waals surface area contributed by atoms with E-state index in [1.165, 1.54) is 22.3 Å². The normalized spacial score (nSPS) is 10.3. The molecule has 0 aliphatic heterocycles. The first-order valence-electron chi connectivity index (χ1n) is 11.4. The number of rotatable bonds is 8. The molecule has 0 saturated heterocycles. The summed E-state index contributed by atoms with van der Waals surface area (Å²) < 4.78 is 34.1. The fourth-order valence-corrected chi connectivity index (χ4v) is 3.27. The van der Waals surface area contributed by atoms with Gasteiger partial charge in [-0.15, -0.1) is 0 Å². The van der Waals surface area contributed by atoms with Crippen molar-refractivity contribution >= 4 is 10.4 Å². The van der Waals surface area contributed by atoms with Crippen LogP contribution in [-0.2, 0) is 36.6 Å². The van der Waals surface area contributed by atoms with Crippen LogP contribution >= 0.6 is 0 Å². The van der Waals surface area contributed by atoms with Crippen molar-refractivity contribution in [3.05, 3.63) is 144 Å². The first kappa shape index (κ1) is 27.9. The van der Waals surface area contributed by atoms with Gasteiger partial charge in [0.05, 0.1) is 0 Å². The molecule has 0 heterocycles. The lowest BCUT2D eigenvalue weighted by Gasteiger charge is -2.06. The summed E-state index contributed by atoms with van der Waals surface area (Å²) >= 11 is 0. The molecule has 0 aliphatic carbocycles. The van der Waals surface area contributed by atoms with Crippen LogP contribution in [0.2, 0.25) is 0 Å². The Morgan fingerprint density at radius 3 is 0.771 bits per heavy atom. The standard InChI is InChI=1S/2C14H15N.H2O4S/c2*1-3-7-13(8-4-1)11-15-12-14-9-5-2-6-10-14;1-5(2,3)4/h2*1-10,15H,11-12H2;(H2,1,2,3,4). The molecule has 0 aliphatic rings. The van der Waals surface area contributed by atoms with Crippen LogP contribution in [0.4, 0.5) is 0 Å². The van der Waals surface area contributed by atoms with Crippen LogP contribution < -0.4 is 10.6 Å². The van der Waals surface area contributed by atoms with Gasteiger partial charge in [-0.25, -0.2) is 0 Å². The van der Waals surface area contributed by atoms with Crippen molar-refractivity contribution in [1.82, 2.24) is 0 Å². The van der Waals surface area contributed by atoms with Crippen molar-refractivity contribution in [2.24, 2.45) is 0 Å². The first-order chi connectivity index (χ1) is 16.9. The lowest BCUT2D eigenvalue weighted by molar-refractivity contribution is -0.686. The van der Waals surface area contributed by atoms with Gasteiger partial charge in [0, 0.05) is 32.7 Å². The van der Waals surface area contributed by atoms with Crippen LogP contribution in [-0.4, -0.2) is 17.5 Å². The second kappa shape index (κ2) is 16.3. The van der Waals surface area contributed by atoms with Gasteiger partial charge in [0.25, 0.3) is 0 Å². The Kier molecular flexibility index (Phi) is 13.0. The van der Waals surface area contributed by atoms with Gasteiger partial charge in [0.1, 0.15) is 26.2 Å². The lowest BCUT2D eigenvalue weighted by Crippen LogP contribution is -2.80. The minimum atomic E-state index is -5.17. The topological polar surface area (TPSA) is 113 Å². The molecule has 0 aromatic heterocycles. The number of nitrogens with two attached hydrogens (primary N) is 2. The van der Waals surface area contributed by atoms with Crippen molar-refractivity contribution in [2.75, 3.05) is 0 Å². The summed E-state index contributed by atoms with van der Waals surface area (Å²) in [5.74, 6) is 0. The smallest absolute Gasteiger partial charge is 0.101 e. The van der Waals surface area contributed by atoms with Gasteiger partial charge in [-0.1, -0.05) is 121 Å². The maximum Gasteiger partial charge on any atom is 0.101 e. The lowest BCUT2D eigenvalue weighted by atomic mass is 10.2. The Bertz CT molecular complexity index is 991. The van der Waals surface area contributed by atoms with Gasteiger partial charge in [-0.2, -0.15) is 0 Å². The molecule has 0 unspecified atom stereocenters. The van der Waals surface area contributed by atoms with Crippen molar-refractivity contribution in [2.45, 2.75) is 26.2 Å². The maximum atomic E-state index is 8.52. The minimum absolute atomic E-state index is 1.05. The van der Waals surface area contributed by atoms with Crippen molar-refractivity contribution < 1.29 is 28.2 Å². The van der Waals surface area contributed by atoms with Crippen molar-refractivity contribution in [3.63, 3.8) is 0 Å². The molecule has 0 amide bonds. The molecule has 7 heteroatoms. The summed E-state index contributed by atoms with van der Waals surface area (Å²) in [6.07, 6.45) is 0. The third kappa shape index (κ3) is 15.2. The SMILES string of the molecule is O=S(=O)([O-])[O-].c1ccc(C[NH2+]Cc2ccccc2)cc1.c1ccc(C[NH2+]Cc2ccccc2)cc1.